The molecule has 112 valence electrons. The highest BCUT2D eigenvalue weighted by Crippen LogP contribution is 2.31. The van der Waals surface area contributed by atoms with Crippen LogP contribution in [0.2, 0.25) is 0 Å². The summed E-state index contributed by atoms with van der Waals surface area (Å²) in [5.41, 5.74) is 0. The molecule has 0 aromatic carbocycles. The highest BCUT2D eigenvalue weighted by molar-refractivity contribution is 4.91. The molecule has 0 spiro atoms. The Bertz CT molecular complexity index is 410. The number of rotatable bonds is 6. The van der Waals surface area contributed by atoms with E-state index in [-0.39, 0.29) is 0 Å². The van der Waals surface area contributed by atoms with Crippen molar-refractivity contribution in [2.75, 3.05) is 6.54 Å². The summed E-state index contributed by atoms with van der Waals surface area (Å²) in [5, 5.41) is 8.07. The molecule has 3 rings (SSSR count). The molecule has 1 heterocycles. The Balaban J connectivity index is 1.62. The van der Waals surface area contributed by atoms with Crippen molar-refractivity contribution in [3.8, 4) is 0 Å². The van der Waals surface area contributed by atoms with E-state index >= 15 is 0 Å². The van der Waals surface area contributed by atoms with E-state index in [0.717, 1.165) is 30.8 Å². The summed E-state index contributed by atoms with van der Waals surface area (Å²) < 4.78 is 2.07. The molecule has 2 saturated carbocycles. The third-order valence-electron chi connectivity index (χ3n) is 5.00. The zero-order valence-corrected chi connectivity index (χ0v) is 12.7. The molecular weight excluding hydrogens is 248 g/mol. The van der Waals surface area contributed by atoms with Gasteiger partial charge in [-0.25, -0.2) is 4.98 Å². The standard InChI is InChI=1S/C16H28N4/c1-2-20-16(18-12-19-20)10-13-6-4-3-5-7-14(13)11-17-15-8-9-15/h12-15,17H,2-11H2,1H3. The molecule has 0 saturated heterocycles. The van der Waals surface area contributed by atoms with Crippen molar-refractivity contribution in [3.05, 3.63) is 12.2 Å². The molecule has 2 fully saturated rings. The van der Waals surface area contributed by atoms with Crippen molar-refractivity contribution in [3.63, 3.8) is 0 Å². The van der Waals surface area contributed by atoms with Crippen molar-refractivity contribution in [2.24, 2.45) is 11.8 Å². The first-order valence-corrected chi connectivity index (χ1v) is 8.47. The number of nitrogens with zero attached hydrogens (tertiary/aromatic N) is 3. The summed E-state index contributed by atoms with van der Waals surface area (Å²) in [6, 6.07) is 0.832. The van der Waals surface area contributed by atoms with Crippen LogP contribution in [0.15, 0.2) is 6.33 Å². The predicted octanol–water partition coefficient (Wildman–Crippen LogP) is 2.79. The second-order valence-corrected chi connectivity index (χ2v) is 6.54. The van der Waals surface area contributed by atoms with Gasteiger partial charge in [-0.3, -0.25) is 4.68 Å². The molecule has 1 aromatic rings. The quantitative estimate of drug-likeness (QED) is 0.812. The van der Waals surface area contributed by atoms with Gasteiger partial charge in [-0.2, -0.15) is 5.10 Å². The Morgan fingerprint density at radius 3 is 2.70 bits per heavy atom. The minimum absolute atomic E-state index is 0.790. The average Bonchev–Trinajstić information content (AvgIpc) is 3.21. The summed E-state index contributed by atoms with van der Waals surface area (Å²) >= 11 is 0. The van der Waals surface area contributed by atoms with Gasteiger partial charge in [0.25, 0.3) is 0 Å². The van der Waals surface area contributed by atoms with E-state index in [1.165, 1.54) is 57.3 Å². The topological polar surface area (TPSA) is 42.7 Å². The maximum absolute atomic E-state index is 4.49. The van der Waals surface area contributed by atoms with Crippen LogP contribution in [-0.4, -0.2) is 27.4 Å². The summed E-state index contributed by atoms with van der Waals surface area (Å²) in [6.45, 7) is 4.31. The second-order valence-electron chi connectivity index (χ2n) is 6.54. The number of aryl methyl sites for hydroxylation is 1. The van der Waals surface area contributed by atoms with Crippen LogP contribution in [0.1, 0.15) is 57.7 Å². The fraction of sp³-hybridized carbons (Fsp3) is 0.875. The summed E-state index contributed by atoms with van der Waals surface area (Å²) in [5.74, 6) is 2.81. The van der Waals surface area contributed by atoms with Gasteiger partial charge in [0.2, 0.25) is 0 Å². The molecule has 0 bridgehead atoms. The van der Waals surface area contributed by atoms with E-state index in [9.17, 15) is 0 Å². The van der Waals surface area contributed by atoms with Gasteiger partial charge in [0.1, 0.15) is 12.2 Å². The number of nitrogens with one attached hydrogen (secondary N) is 1. The Morgan fingerprint density at radius 2 is 1.95 bits per heavy atom. The first-order chi connectivity index (χ1) is 9.86. The van der Waals surface area contributed by atoms with Crippen LogP contribution in [-0.2, 0) is 13.0 Å². The van der Waals surface area contributed by atoms with Gasteiger partial charge in [0.15, 0.2) is 0 Å². The van der Waals surface area contributed by atoms with Gasteiger partial charge >= 0.3 is 0 Å². The number of hydrogen-bond donors (Lipinski definition) is 1. The van der Waals surface area contributed by atoms with Gasteiger partial charge in [0.05, 0.1) is 0 Å². The first kappa shape index (κ1) is 14.1. The first-order valence-electron chi connectivity index (χ1n) is 8.47. The summed E-state index contributed by atoms with van der Waals surface area (Å²) in [7, 11) is 0. The molecule has 2 aliphatic carbocycles. The molecule has 1 N–H and O–H groups in total. The van der Waals surface area contributed by atoms with Gasteiger partial charge < -0.3 is 5.32 Å². The molecule has 2 unspecified atom stereocenters. The zero-order valence-electron chi connectivity index (χ0n) is 12.7. The van der Waals surface area contributed by atoms with Crippen molar-refractivity contribution in [1.82, 2.24) is 20.1 Å². The van der Waals surface area contributed by atoms with Crippen LogP contribution in [0.4, 0.5) is 0 Å². The Morgan fingerprint density at radius 1 is 1.15 bits per heavy atom. The minimum atomic E-state index is 0.790. The lowest BCUT2D eigenvalue weighted by Crippen LogP contribution is -2.30. The van der Waals surface area contributed by atoms with E-state index < -0.39 is 0 Å². The third-order valence-corrected chi connectivity index (χ3v) is 5.00. The SMILES string of the molecule is CCn1ncnc1CC1CCCCCC1CNC1CC1. The van der Waals surface area contributed by atoms with Crippen LogP contribution < -0.4 is 5.32 Å². The highest BCUT2D eigenvalue weighted by Gasteiger charge is 2.28. The molecule has 20 heavy (non-hydrogen) atoms. The summed E-state index contributed by atoms with van der Waals surface area (Å²) in [6.07, 6.45) is 12.6. The molecule has 0 radical (unpaired) electrons. The summed E-state index contributed by atoms with van der Waals surface area (Å²) in [4.78, 5) is 4.49. The maximum atomic E-state index is 4.49. The normalized spacial score (nSPS) is 27.4. The van der Waals surface area contributed by atoms with Gasteiger partial charge in [-0.1, -0.05) is 19.3 Å². The molecule has 2 atom stereocenters. The number of hydrogen-bond acceptors (Lipinski definition) is 3. The third kappa shape index (κ3) is 3.60. The number of aromatic nitrogens is 3. The Hall–Kier alpha value is -0.900. The predicted molar refractivity (Wildman–Crippen MR) is 80.5 cm³/mol. The van der Waals surface area contributed by atoms with Gasteiger partial charge in [-0.05, 0) is 51.0 Å². The lowest BCUT2D eigenvalue weighted by Gasteiger charge is -2.25. The van der Waals surface area contributed by atoms with Gasteiger partial charge in [0, 0.05) is 19.0 Å². The average molecular weight is 276 g/mol. The van der Waals surface area contributed by atoms with E-state index in [4.69, 9.17) is 0 Å². The Kier molecular flexibility index (Phi) is 4.71. The highest BCUT2D eigenvalue weighted by atomic mass is 15.3. The fourth-order valence-electron chi connectivity index (χ4n) is 3.55. The maximum Gasteiger partial charge on any atom is 0.138 e. The van der Waals surface area contributed by atoms with E-state index in [2.05, 4.69) is 27.0 Å². The van der Waals surface area contributed by atoms with Crippen LogP contribution in [0.3, 0.4) is 0 Å². The lowest BCUT2D eigenvalue weighted by atomic mass is 9.85. The van der Waals surface area contributed by atoms with Crippen LogP contribution in [0.25, 0.3) is 0 Å². The molecular formula is C16H28N4. The monoisotopic (exact) mass is 276 g/mol. The Labute approximate surface area is 122 Å². The van der Waals surface area contributed by atoms with Crippen molar-refractivity contribution >= 4 is 0 Å². The molecule has 0 aliphatic heterocycles. The molecule has 2 aliphatic rings. The van der Waals surface area contributed by atoms with E-state index in [1.807, 2.05) is 0 Å². The molecule has 0 amide bonds. The lowest BCUT2D eigenvalue weighted by molar-refractivity contribution is 0.289. The van der Waals surface area contributed by atoms with Crippen molar-refractivity contribution in [2.45, 2.75) is 70.9 Å². The van der Waals surface area contributed by atoms with Crippen molar-refractivity contribution in [1.29, 1.82) is 0 Å². The van der Waals surface area contributed by atoms with E-state index in [1.54, 1.807) is 6.33 Å². The molecule has 4 nitrogen and oxygen atoms in total. The smallest absolute Gasteiger partial charge is 0.138 e. The molecule has 1 aromatic heterocycles. The van der Waals surface area contributed by atoms with Crippen LogP contribution in [0, 0.1) is 11.8 Å². The van der Waals surface area contributed by atoms with Crippen LogP contribution >= 0.6 is 0 Å². The zero-order chi connectivity index (χ0) is 13.8. The second kappa shape index (κ2) is 6.70. The fourth-order valence-corrected chi connectivity index (χ4v) is 3.55. The van der Waals surface area contributed by atoms with Crippen molar-refractivity contribution < 1.29 is 0 Å². The van der Waals surface area contributed by atoms with Gasteiger partial charge in [-0.15, -0.1) is 0 Å². The van der Waals surface area contributed by atoms with E-state index in [0.29, 0.717) is 0 Å². The van der Waals surface area contributed by atoms with Crippen LogP contribution in [0.5, 0.6) is 0 Å². The largest absolute Gasteiger partial charge is 0.314 e. The molecule has 4 heteroatoms. The minimum Gasteiger partial charge on any atom is -0.314 e.